The van der Waals surface area contributed by atoms with Crippen molar-refractivity contribution in [3.63, 3.8) is 0 Å². The molecule has 2 heteroatoms. The Bertz CT molecular complexity index is 404. The summed E-state index contributed by atoms with van der Waals surface area (Å²) in [5.41, 5.74) is 2.71. The lowest BCUT2D eigenvalue weighted by atomic mass is 10.0. The van der Waals surface area contributed by atoms with Gasteiger partial charge >= 0.3 is 0 Å². The minimum absolute atomic E-state index is 0.726. The van der Waals surface area contributed by atoms with E-state index in [4.69, 9.17) is 0 Å². The van der Waals surface area contributed by atoms with Crippen molar-refractivity contribution in [1.82, 2.24) is 9.97 Å². The molecule has 2 aromatic heterocycles. The van der Waals surface area contributed by atoms with E-state index in [-0.39, 0.29) is 0 Å². The van der Waals surface area contributed by atoms with Crippen molar-refractivity contribution in [1.29, 1.82) is 0 Å². The molecule has 0 spiro atoms. The summed E-state index contributed by atoms with van der Waals surface area (Å²) in [5.74, 6) is 1.46. The highest BCUT2D eigenvalue weighted by Crippen LogP contribution is 2.05. The maximum Gasteiger partial charge on any atom is 0.0299 e. The largest absolute Gasteiger partial charge is 0.265 e. The number of nitrogens with zero attached hydrogens (tertiary/aromatic N) is 2. The minimum atomic E-state index is 0.726. The van der Waals surface area contributed by atoms with Crippen LogP contribution < -0.4 is 0 Å². The monoisotopic (exact) mass is 270 g/mol. The third-order valence-corrected chi connectivity index (χ3v) is 2.76. The van der Waals surface area contributed by atoms with Gasteiger partial charge in [0.1, 0.15) is 0 Å². The van der Waals surface area contributed by atoms with E-state index in [1.807, 2.05) is 30.9 Å². The van der Waals surface area contributed by atoms with E-state index < -0.39 is 0 Å². The average Bonchev–Trinajstić information content (AvgIpc) is 2.40. The predicted molar refractivity (Wildman–Crippen MR) is 85.6 cm³/mol. The second kappa shape index (κ2) is 9.24. The van der Waals surface area contributed by atoms with Crippen LogP contribution in [0.1, 0.15) is 38.8 Å². The molecule has 0 radical (unpaired) electrons. The summed E-state index contributed by atoms with van der Waals surface area (Å²) < 4.78 is 0. The van der Waals surface area contributed by atoms with Crippen LogP contribution in [0, 0.1) is 11.8 Å². The molecule has 0 amide bonds. The van der Waals surface area contributed by atoms with Crippen LogP contribution in [0.5, 0.6) is 0 Å². The molecule has 2 nitrogen and oxygen atoms in total. The zero-order valence-corrected chi connectivity index (χ0v) is 13.1. The van der Waals surface area contributed by atoms with Gasteiger partial charge in [-0.05, 0) is 54.0 Å². The Labute approximate surface area is 123 Å². The molecule has 0 N–H and O–H groups in total. The molecule has 0 saturated carbocycles. The summed E-state index contributed by atoms with van der Waals surface area (Å²) in [5, 5.41) is 0. The van der Waals surface area contributed by atoms with E-state index in [0.29, 0.717) is 0 Å². The van der Waals surface area contributed by atoms with Gasteiger partial charge in [0.25, 0.3) is 0 Å². The first-order valence-corrected chi connectivity index (χ1v) is 7.35. The second-order valence-electron chi connectivity index (χ2n) is 5.91. The zero-order chi connectivity index (χ0) is 14.8. The van der Waals surface area contributed by atoms with Gasteiger partial charge in [-0.15, -0.1) is 0 Å². The van der Waals surface area contributed by atoms with E-state index in [2.05, 4.69) is 55.9 Å². The van der Waals surface area contributed by atoms with E-state index in [1.165, 1.54) is 11.1 Å². The number of rotatable bonds is 4. The van der Waals surface area contributed by atoms with Crippen LogP contribution in [0.2, 0.25) is 0 Å². The molecule has 0 unspecified atom stereocenters. The maximum atomic E-state index is 4.04. The highest BCUT2D eigenvalue weighted by Gasteiger charge is 1.95. The summed E-state index contributed by atoms with van der Waals surface area (Å²) in [7, 11) is 0. The third-order valence-electron chi connectivity index (χ3n) is 2.76. The molecule has 0 bridgehead atoms. The summed E-state index contributed by atoms with van der Waals surface area (Å²) in [6.07, 6.45) is 9.72. The van der Waals surface area contributed by atoms with Gasteiger partial charge in [-0.3, -0.25) is 9.97 Å². The van der Waals surface area contributed by atoms with Gasteiger partial charge in [0, 0.05) is 24.8 Å². The maximum absolute atomic E-state index is 4.04. The average molecular weight is 270 g/mol. The fraction of sp³-hybridized carbons (Fsp3) is 0.444. The summed E-state index contributed by atoms with van der Waals surface area (Å²) in [6, 6.07) is 8.24. The quantitative estimate of drug-likeness (QED) is 0.814. The molecule has 0 aliphatic heterocycles. The molecular weight excluding hydrogens is 244 g/mol. The Kier molecular flexibility index (Phi) is 7.56. The normalized spacial score (nSPS) is 10.3. The van der Waals surface area contributed by atoms with Crippen molar-refractivity contribution < 1.29 is 0 Å². The van der Waals surface area contributed by atoms with E-state index in [1.54, 1.807) is 0 Å². The van der Waals surface area contributed by atoms with Crippen molar-refractivity contribution in [3.8, 4) is 0 Å². The molecule has 2 heterocycles. The van der Waals surface area contributed by atoms with E-state index in [9.17, 15) is 0 Å². The van der Waals surface area contributed by atoms with E-state index in [0.717, 1.165) is 24.7 Å². The molecule has 20 heavy (non-hydrogen) atoms. The van der Waals surface area contributed by atoms with Crippen LogP contribution in [0.15, 0.2) is 49.1 Å². The molecule has 0 fully saturated rings. The first-order valence-electron chi connectivity index (χ1n) is 7.35. The van der Waals surface area contributed by atoms with Crippen molar-refractivity contribution in [2.75, 3.05) is 0 Å². The van der Waals surface area contributed by atoms with Crippen LogP contribution in [0.25, 0.3) is 0 Å². The molecule has 0 saturated heterocycles. The number of pyridine rings is 2. The highest BCUT2D eigenvalue weighted by atomic mass is 14.6. The third kappa shape index (κ3) is 7.67. The number of hydrogen-bond donors (Lipinski definition) is 0. The number of hydrogen-bond acceptors (Lipinski definition) is 2. The summed E-state index contributed by atoms with van der Waals surface area (Å²) in [6.45, 7) is 8.88. The smallest absolute Gasteiger partial charge is 0.0299 e. The second-order valence-corrected chi connectivity index (χ2v) is 5.91. The van der Waals surface area contributed by atoms with Gasteiger partial charge < -0.3 is 0 Å². The van der Waals surface area contributed by atoms with Gasteiger partial charge in [0.15, 0.2) is 0 Å². The first-order chi connectivity index (χ1) is 9.58. The van der Waals surface area contributed by atoms with Gasteiger partial charge in [0.05, 0.1) is 0 Å². The molecule has 0 aliphatic carbocycles. The topological polar surface area (TPSA) is 25.8 Å². The fourth-order valence-electron chi connectivity index (χ4n) is 1.98. The molecule has 0 aromatic carbocycles. The van der Waals surface area contributed by atoms with Crippen LogP contribution in [0.4, 0.5) is 0 Å². The highest BCUT2D eigenvalue weighted by molar-refractivity contribution is 5.10. The van der Waals surface area contributed by atoms with Crippen LogP contribution in [-0.2, 0) is 12.8 Å². The van der Waals surface area contributed by atoms with Gasteiger partial charge in [-0.1, -0.05) is 33.8 Å². The predicted octanol–water partition coefficient (Wildman–Crippen LogP) is 4.56. The van der Waals surface area contributed by atoms with Gasteiger partial charge in [-0.25, -0.2) is 0 Å². The lowest BCUT2D eigenvalue weighted by molar-refractivity contribution is 0.645. The minimum Gasteiger partial charge on any atom is -0.265 e. The molecule has 2 aromatic rings. The Morgan fingerprint density at radius 2 is 1.35 bits per heavy atom. The zero-order valence-electron chi connectivity index (χ0n) is 13.1. The van der Waals surface area contributed by atoms with Crippen LogP contribution >= 0.6 is 0 Å². The molecule has 108 valence electrons. The lowest BCUT2D eigenvalue weighted by Gasteiger charge is -2.02. The first kappa shape index (κ1) is 16.4. The lowest BCUT2D eigenvalue weighted by Crippen LogP contribution is -1.93. The SMILES string of the molecule is CC(C)Cc1cccnc1.CC(C)Cc1ccncc1. The summed E-state index contributed by atoms with van der Waals surface area (Å²) in [4.78, 5) is 7.99. The molecule has 0 aliphatic rings. The van der Waals surface area contributed by atoms with Crippen molar-refractivity contribution >= 4 is 0 Å². The Balaban J connectivity index is 0.000000200. The van der Waals surface area contributed by atoms with E-state index >= 15 is 0 Å². The van der Waals surface area contributed by atoms with Crippen molar-refractivity contribution in [3.05, 3.63) is 60.2 Å². The standard InChI is InChI=1S/2C9H13N/c1-8(2)7-9-3-5-10-6-4-9;1-8(2)6-9-4-3-5-10-7-9/h3-6,8H,7H2,1-2H3;3-5,7-8H,6H2,1-2H3. The van der Waals surface area contributed by atoms with Gasteiger partial charge in [0.2, 0.25) is 0 Å². The van der Waals surface area contributed by atoms with Crippen molar-refractivity contribution in [2.45, 2.75) is 40.5 Å². The number of aromatic nitrogens is 2. The Morgan fingerprint density at radius 1 is 0.750 bits per heavy atom. The molecule has 2 rings (SSSR count). The van der Waals surface area contributed by atoms with Crippen LogP contribution in [-0.4, -0.2) is 9.97 Å². The molecule has 0 atom stereocenters. The Morgan fingerprint density at radius 3 is 1.85 bits per heavy atom. The Hall–Kier alpha value is -1.70. The van der Waals surface area contributed by atoms with Gasteiger partial charge in [-0.2, -0.15) is 0 Å². The van der Waals surface area contributed by atoms with Crippen LogP contribution in [0.3, 0.4) is 0 Å². The molecular formula is C18H26N2. The fourth-order valence-corrected chi connectivity index (χ4v) is 1.98. The summed E-state index contributed by atoms with van der Waals surface area (Å²) >= 11 is 0. The van der Waals surface area contributed by atoms with Crippen molar-refractivity contribution in [2.24, 2.45) is 11.8 Å².